The summed E-state index contributed by atoms with van der Waals surface area (Å²) in [5.74, 6) is -0.900. The van der Waals surface area contributed by atoms with Gasteiger partial charge in [0.2, 0.25) is 11.8 Å². The van der Waals surface area contributed by atoms with E-state index >= 15 is 0 Å². The zero-order valence-corrected chi connectivity index (χ0v) is 22.9. The number of anilines is 1. The van der Waals surface area contributed by atoms with Crippen molar-refractivity contribution in [3.05, 3.63) is 94.5 Å². The van der Waals surface area contributed by atoms with Gasteiger partial charge in [-0.2, -0.15) is 0 Å². The van der Waals surface area contributed by atoms with Crippen LogP contribution in [0.5, 0.6) is 0 Å². The van der Waals surface area contributed by atoms with E-state index in [1.165, 1.54) is 29.2 Å². The molecule has 0 aliphatic heterocycles. The minimum atomic E-state index is -4.21. The van der Waals surface area contributed by atoms with Crippen molar-refractivity contribution in [2.24, 2.45) is 0 Å². The number of hydrogen-bond donors (Lipinski definition) is 1. The molecule has 196 valence electrons. The molecule has 0 heterocycles. The molecule has 0 fully saturated rings. The summed E-state index contributed by atoms with van der Waals surface area (Å²) in [6.45, 7) is 3.54. The predicted octanol–water partition coefficient (Wildman–Crippen LogP) is 5.13. The fourth-order valence-corrected chi connectivity index (χ4v) is 5.57. The molecule has 0 saturated heterocycles. The third-order valence-corrected chi connectivity index (χ3v) is 8.31. The van der Waals surface area contributed by atoms with Crippen molar-refractivity contribution < 1.29 is 18.0 Å². The molecule has 0 aromatic heterocycles. The summed E-state index contributed by atoms with van der Waals surface area (Å²) in [4.78, 5) is 28.0. The van der Waals surface area contributed by atoms with Gasteiger partial charge in [0.15, 0.2) is 0 Å². The lowest BCUT2D eigenvalue weighted by molar-refractivity contribution is -0.139. The molecule has 7 nitrogen and oxygen atoms in total. The Bertz CT molecular complexity index is 1320. The van der Waals surface area contributed by atoms with Gasteiger partial charge in [-0.25, -0.2) is 8.42 Å². The molecule has 0 unspecified atom stereocenters. The summed E-state index contributed by atoms with van der Waals surface area (Å²) in [5.41, 5.74) is 0.860. The third kappa shape index (κ3) is 7.03. The first-order valence-electron chi connectivity index (χ1n) is 11.8. The summed E-state index contributed by atoms with van der Waals surface area (Å²) in [6.07, 6.45) is 0.738. The van der Waals surface area contributed by atoms with Crippen LogP contribution in [0.25, 0.3) is 0 Å². The lowest BCUT2D eigenvalue weighted by Crippen LogP contribution is -2.51. The minimum Gasteiger partial charge on any atom is -0.354 e. The molecule has 3 aromatic rings. The van der Waals surface area contributed by atoms with E-state index in [2.05, 4.69) is 5.32 Å². The molecule has 0 saturated carbocycles. The number of amides is 2. The van der Waals surface area contributed by atoms with Crippen LogP contribution in [-0.2, 0) is 26.2 Å². The molecule has 10 heteroatoms. The zero-order chi connectivity index (χ0) is 27.0. The fourth-order valence-electron chi connectivity index (χ4n) is 3.68. The summed E-state index contributed by atoms with van der Waals surface area (Å²) in [6, 6.07) is 20.7. The van der Waals surface area contributed by atoms with Crippen molar-refractivity contribution >= 4 is 50.7 Å². The summed E-state index contributed by atoms with van der Waals surface area (Å²) < 4.78 is 28.4. The molecule has 3 rings (SSSR count). The highest BCUT2D eigenvalue weighted by atomic mass is 35.5. The van der Waals surface area contributed by atoms with Gasteiger partial charge in [-0.1, -0.05) is 84.7 Å². The second kappa shape index (κ2) is 12.9. The van der Waals surface area contributed by atoms with Crippen LogP contribution < -0.4 is 9.62 Å². The normalized spacial score (nSPS) is 12.0. The topological polar surface area (TPSA) is 86.8 Å². The molecule has 0 spiro atoms. The van der Waals surface area contributed by atoms with Crippen LogP contribution in [0.15, 0.2) is 83.8 Å². The number of hydrogen-bond acceptors (Lipinski definition) is 4. The number of halogens is 2. The maximum atomic E-state index is 13.8. The number of benzene rings is 3. The van der Waals surface area contributed by atoms with E-state index in [9.17, 15) is 18.0 Å². The van der Waals surface area contributed by atoms with Gasteiger partial charge >= 0.3 is 0 Å². The van der Waals surface area contributed by atoms with Gasteiger partial charge in [-0.05, 0) is 43.2 Å². The van der Waals surface area contributed by atoms with E-state index in [0.717, 1.165) is 16.3 Å². The minimum absolute atomic E-state index is 0.000167. The number of sulfonamides is 1. The number of rotatable bonds is 11. The predicted molar refractivity (Wildman–Crippen MR) is 147 cm³/mol. The Hall–Kier alpha value is -3.07. The second-order valence-electron chi connectivity index (χ2n) is 8.37. The Morgan fingerprint density at radius 2 is 1.54 bits per heavy atom. The van der Waals surface area contributed by atoms with Crippen molar-refractivity contribution in [1.29, 1.82) is 0 Å². The molecular formula is C27H29Cl2N3O4S. The maximum Gasteiger partial charge on any atom is 0.264 e. The van der Waals surface area contributed by atoms with Crippen molar-refractivity contribution in [3.63, 3.8) is 0 Å². The van der Waals surface area contributed by atoms with Gasteiger partial charge in [0.1, 0.15) is 12.6 Å². The molecule has 0 aliphatic carbocycles. The van der Waals surface area contributed by atoms with Crippen LogP contribution in [0.2, 0.25) is 10.0 Å². The van der Waals surface area contributed by atoms with Gasteiger partial charge < -0.3 is 10.2 Å². The van der Waals surface area contributed by atoms with Gasteiger partial charge in [-0.3, -0.25) is 13.9 Å². The van der Waals surface area contributed by atoms with Crippen LogP contribution in [0, 0.1) is 0 Å². The first kappa shape index (κ1) is 28.5. The summed E-state index contributed by atoms with van der Waals surface area (Å²) in [7, 11) is -4.21. The largest absolute Gasteiger partial charge is 0.354 e. The Balaban J connectivity index is 2.04. The molecule has 2 amide bonds. The van der Waals surface area contributed by atoms with Crippen LogP contribution in [0.4, 0.5) is 5.69 Å². The Kier molecular flexibility index (Phi) is 9.97. The first-order chi connectivity index (χ1) is 17.7. The number of nitrogens with one attached hydrogen (secondary N) is 1. The van der Waals surface area contributed by atoms with Crippen molar-refractivity contribution in [1.82, 2.24) is 10.2 Å². The molecular weight excluding hydrogens is 533 g/mol. The molecule has 0 aliphatic rings. The highest BCUT2D eigenvalue weighted by Gasteiger charge is 2.33. The quantitative estimate of drug-likeness (QED) is 0.351. The molecule has 1 N–H and O–H groups in total. The maximum absolute atomic E-state index is 13.8. The van der Waals surface area contributed by atoms with Crippen LogP contribution in [-0.4, -0.2) is 44.3 Å². The SMILES string of the molecule is CCCNC(=O)[C@@H](C)N(Cc1ccccc1)C(=O)CN(c1cccc(Cl)c1Cl)S(=O)(=O)c1ccccc1. The van der Waals surface area contributed by atoms with Crippen molar-refractivity contribution in [2.75, 3.05) is 17.4 Å². The van der Waals surface area contributed by atoms with Crippen LogP contribution in [0.1, 0.15) is 25.8 Å². The monoisotopic (exact) mass is 561 g/mol. The van der Waals surface area contributed by atoms with Gasteiger partial charge in [0.05, 0.1) is 20.6 Å². The van der Waals surface area contributed by atoms with Crippen LogP contribution in [0.3, 0.4) is 0 Å². The third-order valence-electron chi connectivity index (χ3n) is 5.72. The molecule has 37 heavy (non-hydrogen) atoms. The summed E-state index contributed by atoms with van der Waals surface area (Å²) >= 11 is 12.6. The Morgan fingerprint density at radius 3 is 2.16 bits per heavy atom. The van der Waals surface area contributed by atoms with E-state index < -0.39 is 28.5 Å². The Morgan fingerprint density at radius 1 is 0.919 bits per heavy atom. The smallest absolute Gasteiger partial charge is 0.264 e. The first-order valence-corrected chi connectivity index (χ1v) is 14.0. The standard InChI is InChI=1S/C27H29Cl2N3O4S/c1-3-17-30-27(34)20(2)31(18-21-11-6-4-7-12-21)25(33)19-32(24-16-10-15-23(28)26(24)29)37(35,36)22-13-8-5-9-14-22/h4-16,20H,3,17-19H2,1-2H3,(H,30,34)/t20-/m1/s1. The van der Waals surface area contributed by atoms with E-state index in [1.807, 2.05) is 37.3 Å². The average molecular weight is 563 g/mol. The zero-order valence-electron chi connectivity index (χ0n) is 20.6. The van der Waals surface area contributed by atoms with Gasteiger partial charge in [0.25, 0.3) is 10.0 Å². The lowest BCUT2D eigenvalue weighted by atomic mass is 10.1. The van der Waals surface area contributed by atoms with E-state index in [4.69, 9.17) is 23.2 Å². The lowest BCUT2D eigenvalue weighted by Gasteiger charge is -2.32. The van der Waals surface area contributed by atoms with Crippen molar-refractivity contribution in [2.45, 2.75) is 37.8 Å². The molecule has 3 aromatic carbocycles. The highest BCUT2D eigenvalue weighted by Crippen LogP contribution is 2.35. The van der Waals surface area contributed by atoms with Crippen molar-refractivity contribution in [3.8, 4) is 0 Å². The van der Waals surface area contributed by atoms with E-state index in [-0.39, 0.29) is 33.1 Å². The van der Waals surface area contributed by atoms with Gasteiger partial charge in [-0.15, -0.1) is 0 Å². The number of carbonyl (C=O) groups excluding carboxylic acids is 2. The summed E-state index contributed by atoms with van der Waals surface area (Å²) in [5, 5.41) is 2.95. The second-order valence-corrected chi connectivity index (χ2v) is 11.0. The molecule has 1 atom stereocenters. The average Bonchev–Trinajstić information content (AvgIpc) is 2.91. The van der Waals surface area contributed by atoms with E-state index in [1.54, 1.807) is 31.2 Å². The fraction of sp³-hybridized carbons (Fsp3) is 0.259. The highest BCUT2D eigenvalue weighted by molar-refractivity contribution is 7.92. The van der Waals surface area contributed by atoms with Gasteiger partial charge in [0, 0.05) is 13.1 Å². The molecule has 0 bridgehead atoms. The Labute approximate surface area is 228 Å². The molecule has 0 radical (unpaired) electrons. The number of nitrogens with zero attached hydrogens (tertiary/aromatic N) is 2. The van der Waals surface area contributed by atoms with E-state index in [0.29, 0.717) is 6.54 Å². The van der Waals surface area contributed by atoms with Crippen LogP contribution >= 0.6 is 23.2 Å². The number of carbonyl (C=O) groups is 2.